The Bertz CT molecular complexity index is 1180. The highest BCUT2D eigenvalue weighted by molar-refractivity contribution is 9.10. The van der Waals surface area contributed by atoms with Gasteiger partial charge < -0.3 is 14.5 Å². The number of halogens is 1. The van der Waals surface area contributed by atoms with E-state index < -0.39 is 10.0 Å². The maximum atomic E-state index is 13.2. The predicted molar refractivity (Wildman–Crippen MR) is 113 cm³/mol. The minimum atomic E-state index is -3.88. The first kappa shape index (κ1) is 21.4. The van der Waals surface area contributed by atoms with Crippen LogP contribution >= 0.6 is 15.9 Å². The van der Waals surface area contributed by atoms with Crippen LogP contribution in [0.5, 0.6) is 5.75 Å². The highest BCUT2D eigenvalue weighted by Gasteiger charge is 2.26. The molecule has 0 aliphatic rings. The zero-order valence-corrected chi connectivity index (χ0v) is 18.3. The Morgan fingerprint density at radius 3 is 2.62 bits per heavy atom. The second-order valence-corrected chi connectivity index (χ2v) is 8.95. The summed E-state index contributed by atoms with van der Waals surface area (Å²) in [5.41, 5.74) is 0.185. The summed E-state index contributed by atoms with van der Waals surface area (Å²) in [4.78, 5) is 19.5. The SMILES string of the molecule is COCCN(Cc1nc2ccccc2c(=O)[nH]1)S(=O)(=O)c1ccc(OC)c(Br)c1. The van der Waals surface area contributed by atoms with Gasteiger partial charge in [0.25, 0.3) is 5.56 Å². The van der Waals surface area contributed by atoms with Gasteiger partial charge in [-0.1, -0.05) is 12.1 Å². The van der Waals surface area contributed by atoms with Gasteiger partial charge in [0.2, 0.25) is 10.0 Å². The summed E-state index contributed by atoms with van der Waals surface area (Å²) >= 11 is 3.31. The highest BCUT2D eigenvalue weighted by Crippen LogP contribution is 2.29. The quantitative estimate of drug-likeness (QED) is 0.530. The fraction of sp³-hybridized carbons (Fsp3) is 0.263. The lowest BCUT2D eigenvalue weighted by atomic mass is 10.2. The van der Waals surface area contributed by atoms with Gasteiger partial charge in [-0.3, -0.25) is 4.79 Å². The van der Waals surface area contributed by atoms with E-state index in [-0.39, 0.29) is 36.0 Å². The highest BCUT2D eigenvalue weighted by atomic mass is 79.9. The van der Waals surface area contributed by atoms with Crippen LogP contribution in [0.3, 0.4) is 0 Å². The van der Waals surface area contributed by atoms with Crippen LogP contribution < -0.4 is 10.3 Å². The molecule has 0 saturated carbocycles. The predicted octanol–water partition coefficient (Wildman–Crippen LogP) is 2.53. The van der Waals surface area contributed by atoms with Crippen molar-refractivity contribution >= 4 is 36.9 Å². The number of methoxy groups -OCH3 is 2. The lowest BCUT2D eigenvalue weighted by Crippen LogP contribution is -2.34. The Balaban J connectivity index is 1.99. The van der Waals surface area contributed by atoms with Gasteiger partial charge in [-0.25, -0.2) is 13.4 Å². The van der Waals surface area contributed by atoms with Crippen LogP contribution in [0.15, 0.2) is 56.6 Å². The normalized spacial score (nSPS) is 11.9. The van der Waals surface area contributed by atoms with Crippen LogP contribution in [0.1, 0.15) is 5.82 Å². The molecule has 10 heteroatoms. The second kappa shape index (κ2) is 9.04. The Kier molecular flexibility index (Phi) is 6.68. The van der Waals surface area contributed by atoms with Gasteiger partial charge in [0.05, 0.1) is 40.5 Å². The summed E-state index contributed by atoms with van der Waals surface area (Å²) in [5, 5.41) is 0.446. The molecule has 0 atom stereocenters. The number of aromatic amines is 1. The average Bonchev–Trinajstić information content (AvgIpc) is 2.71. The summed E-state index contributed by atoms with van der Waals surface area (Å²) in [7, 11) is -0.887. The number of benzene rings is 2. The van der Waals surface area contributed by atoms with E-state index in [1.165, 1.54) is 30.7 Å². The minimum Gasteiger partial charge on any atom is -0.496 e. The fourth-order valence-corrected chi connectivity index (χ4v) is 4.92. The van der Waals surface area contributed by atoms with Gasteiger partial charge in [0, 0.05) is 13.7 Å². The van der Waals surface area contributed by atoms with E-state index in [1.807, 2.05) is 0 Å². The molecule has 0 spiro atoms. The Morgan fingerprint density at radius 2 is 1.93 bits per heavy atom. The first-order valence-electron chi connectivity index (χ1n) is 8.67. The van der Waals surface area contributed by atoms with E-state index in [0.29, 0.717) is 21.1 Å². The van der Waals surface area contributed by atoms with Gasteiger partial charge in [-0.05, 0) is 46.3 Å². The summed E-state index contributed by atoms with van der Waals surface area (Å²) in [5.74, 6) is 0.772. The van der Waals surface area contributed by atoms with Gasteiger partial charge in [0.15, 0.2) is 0 Å². The molecule has 1 aromatic heterocycles. The van der Waals surface area contributed by atoms with Crippen molar-refractivity contribution in [2.75, 3.05) is 27.4 Å². The lowest BCUT2D eigenvalue weighted by Gasteiger charge is -2.22. The molecule has 0 bridgehead atoms. The van der Waals surface area contributed by atoms with Crippen molar-refractivity contribution in [3.8, 4) is 5.75 Å². The maximum Gasteiger partial charge on any atom is 0.258 e. The van der Waals surface area contributed by atoms with Crippen molar-refractivity contribution in [3.05, 3.63) is 63.1 Å². The number of para-hydroxylation sites is 1. The van der Waals surface area contributed by atoms with E-state index in [1.54, 1.807) is 30.3 Å². The largest absolute Gasteiger partial charge is 0.496 e. The summed E-state index contributed by atoms with van der Waals surface area (Å²) in [6.45, 7) is 0.183. The molecule has 0 radical (unpaired) electrons. The molecule has 3 aromatic rings. The maximum absolute atomic E-state index is 13.2. The third-order valence-corrected chi connectivity index (χ3v) is 6.75. The molecule has 0 saturated heterocycles. The molecule has 1 heterocycles. The molecule has 0 fully saturated rings. The second-order valence-electron chi connectivity index (χ2n) is 6.16. The number of ether oxygens (including phenoxy) is 2. The van der Waals surface area contributed by atoms with E-state index in [4.69, 9.17) is 9.47 Å². The van der Waals surface area contributed by atoms with E-state index >= 15 is 0 Å². The molecule has 0 aliphatic carbocycles. The van der Waals surface area contributed by atoms with Crippen LogP contribution in [-0.2, 0) is 21.3 Å². The first-order valence-corrected chi connectivity index (χ1v) is 10.9. The number of fused-ring (bicyclic) bond motifs is 1. The molecule has 0 aliphatic heterocycles. The van der Waals surface area contributed by atoms with Crippen LogP contribution in [0.2, 0.25) is 0 Å². The van der Waals surface area contributed by atoms with Crippen molar-refractivity contribution in [2.24, 2.45) is 0 Å². The summed E-state index contributed by atoms with van der Waals surface area (Å²) in [6, 6.07) is 11.4. The van der Waals surface area contributed by atoms with Crippen molar-refractivity contribution in [3.63, 3.8) is 0 Å². The molecule has 8 nitrogen and oxygen atoms in total. The topological polar surface area (TPSA) is 102 Å². The van der Waals surface area contributed by atoms with Gasteiger partial charge >= 0.3 is 0 Å². The number of nitrogens with zero attached hydrogens (tertiary/aromatic N) is 2. The molecule has 3 rings (SSSR count). The van der Waals surface area contributed by atoms with Crippen molar-refractivity contribution in [2.45, 2.75) is 11.4 Å². The Morgan fingerprint density at radius 1 is 1.17 bits per heavy atom. The zero-order chi connectivity index (χ0) is 21.0. The smallest absolute Gasteiger partial charge is 0.258 e. The summed E-state index contributed by atoms with van der Waals surface area (Å²) in [6.07, 6.45) is 0. The number of hydrogen-bond donors (Lipinski definition) is 1. The van der Waals surface area contributed by atoms with Crippen molar-refractivity contribution < 1.29 is 17.9 Å². The number of H-pyrrole nitrogens is 1. The van der Waals surface area contributed by atoms with Gasteiger partial charge in [-0.15, -0.1) is 0 Å². The molecule has 0 amide bonds. The number of rotatable bonds is 8. The van der Waals surface area contributed by atoms with E-state index in [9.17, 15) is 13.2 Å². The van der Waals surface area contributed by atoms with Crippen LogP contribution in [0, 0.1) is 0 Å². The summed E-state index contributed by atoms with van der Waals surface area (Å²) < 4.78 is 38.4. The molecular formula is C19H20BrN3O5S. The molecule has 1 N–H and O–H groups in total. The van der Waals surface area contributed by atoms with Crippen LogP contribution in [0.4, 0.5) is 0 Å². The standard InChI is InChI=1S/C19H20BrN3O5S/c1-27-10-9-23(29(25,26)13-7-8-17(28-2)15(20)11-13)12-18-21-16-6-4-3-5-14(16)19(24)22-18/h3-8,11H,9-10,12H2,1-2H3,(H,21,22,24). The number of sulfonamides is 1. The van der Waals surface area contributed by atoms with E-state index in [2.05, 4.69) is 25.9 Å². The van der Waals surface area contributed by atoms with Crippen LogP contribution in [-0.4, -0.2) is 50.1 Å². The van der Waals surface area contributed by atoms with Crippen molar-refractivity contribution in [1.82, 2.24) is 14.3 Å². The zero-order valence-electron chi connectivity index (χ0n) is 15.9. The number of aromatic nitrogens is 2. The van der Waals surface area contributed by atoms with Gasteiger partial charge in [-0.2, -0.15) is 4.31 Å². The molecule has 2 aromatic carbocycles. The Hall–Kier alpha value is -2.27. The van der Waals surface area contributed by atoms with E-state index in [0.717, 1.165) is 0 Å². The molecule has 0 unspecified atom stereocenters. The number of hydrogen-bond acceptors (Lipinski definition) is 6. The number of nitrogens with one attached hydrogen (secondary N) is 1. The van der Waals surface area contributed by atoms with Crippen molar-refractivity contribution in [1.29, 1.82) is 0 Å². The third kappa shape index (κ3) is 4.67. The minimum absolute atomic E-state index is 0.0874. The molecule has 29 heavy (non-hydrogen) atoms. The fourth-order valence-electron chi connectivity index (χ4n) is 2.81. The monoisotopic (exact) mass is 481 g/mol. The van der Waals surface area contributed by atoms with Gasteiger partial charge in [0.1, 0.15) is 11.6 Å². The average molecular weight is 482 g/mol. The lowest BCUT2D eigenvalue weighted by molar-refractivity contribution is 0.176. The third-order valence-electron chi connectivity index (χ3n) is 4.29. The Labute approximate surface area is 176 Å². The first-order chi connectivity index (χ1) is 13.9. The molecule has 154 valence electrons. The van der Waals surface area contributed by atoms with Crippen LogP contribution in [0.25, 0.3) is 10.9 Å². The molecular weight excluding hydrogens is 462 g/mol.